The van der Waals surface area contributed by atoms with Gasteiger partial charge in [-0.3, -0.25) is 4.98 Å². The number of hydrogen-bond donors (Lipinski definition) is 0. The lowest BCUT2D eigenvalue weighted by atomic mass is 9.84. The maximum absolute atomic E-state index is 6.16. The molecule has 2 heteroatoms. The molecule has 0 spiro atoms. The van der Waals surface area contributed by atoms with Gasteiger partial charge in [-0.05, 0) is 56.6 Å². The maximum Gasteiger partial charge on any atom is 0.138 e. The molecule has 1 aromatic rings. The number of hydrogen-bond acceptors (Lipinski definition) is 2. The van der Waals surface area contributed by atoms with Crippen LogP contribution in [0.1, 0.15) is 82.9 Å². The quantitative estimate of drug-likeness (QED) is 0.561. The van der Waals surface area contributed by atoms with Crippen LogP contribution in [0, 0.1) is 12.8 Å². The minimum atomic E-state index is 0.403. The lowest BCUT2D eigenvalue weighted by Crippen LogP contribution is -2.24. The first-order valence-electron chi connectivity index (χ1n) is 9.35. The molecule has 124 valence electrons. The molecule has 0 atom stereocenters. The molecule has 1 aliphatic carbocycles. The van der Waals surface area contributed by atoms with Crippen LogP contribution in [-0.4, -0.2) is 11.1 Å². The molecule has 0 aromatic carbocycles. The van der Waals surface area contributed by atoms with Crippen LogP contribution in [0.5, 0.6) is 5.75 Å². The largest absolute Gasteiger partial charge is 0.489 e. The van der Waals surface area contributed by atoms with Crippen molar-refractivity contribution in [3.8, 4) is 5.75 Å². The molecule has 0 radical (unpaired) electrons. The number of ether oxygens (including phenoxy) is 1. The average Bonchev–Trinajstić information content (AvgIpc) is 2.53. The van der Waals surface area contributed by atoms with Gasteiger partial charge in [0.25, 0.3) is 0 Å². The van der Waals surface area contributed by atoms with Crippen molar-refractivity contribution >= 4 is 0 Å². The summed E-state index contributed by atoms with van der Waals surface area (Å²) in [7, 11) is 0. The highest BCUT2D eigenvalue weighted by Crippen LogP contribution is 2.31. The summed E-state index contributed by atoms with van der Waals surface area (Å²) in [5.41, 5.74) is 2.44. The van der Waals surface area contributed by atoms with Crippen LogP contribution in [0.25, 0.3) is 0 Å². The monoisotopic (exact) mass is 303 g/mol. The third kappa shape index (κ3) is 5.30. The van der Waals surface area contributed by atoms with Crippen LogP contribution >= 0.6 is 0 Å². The standard InChI is InChI=1S/C20H33NO/c1-4-6-7-8-9-17-10-12-18(13-11-17)22-19-14-16(3)20(5-2)21-15-19/h14-15,17-18H,4-13H2,1-3H3. The van der Waals surface area contributed by atoms with Crippen LogP contribution in [0.4, 0.5) is 0 Å². The first-order valence-corrected chi connectivity index (χ1v) is 9.35. The van der Waals surface area contributed by atoms with E-state index in [4.69, 9.17) is 4.74 Å². The Hall–Kier alpha value is -1.05. The molecule has 1 fully saturated rings. The van der Waals surface area contributed by atoms with Crippen LogP contribution < -0.4 is 4.74 Å². The minimum Gasteiger partial charge on any atom is -0.489 e. The van der Waals surface area contributed by atoms with Crippen molar-refractivity contribution < 1.29 is 4.74 Å². The molecule has 0 aliphatic heterocycles. The van der Waals surface area contributed by atoms with Crippen molar-refractivity contribution in [2.45, 2.75) is 91.1 Å². The predicted octanol–water partition coefficient (Wildman–Crippen LogP) is 5.86. The van der Waals surface area contributed by atoms with E-state index in [2.05, 4.69) is 31.8 Å². The van der Waals surface area contributed by atoms with Gasteiger partial charge in [-0.1, -0.05) is 46.0 Å². The van der Waals surface area contributed by atoms with E-state index >= 15 is 0 Å². The molecular formula is C20H33NO. The summed E-state index contributed by atoms with van der Waals surface area (Å²) in [4.78, 5) is 4.51. The molecule has 22 heavy (non-hydrogen) atoms. The summed E-state index contributed by atoms with van der Waals surface area (Å²) >= 11 is 0. The van der Waals surface area contributed by atoms with E-state index in [1.807, 2.05) is 6.20 Å². The zero-order valence-corrected chi connectivity index (χ0v) is 14.7. The summed E-state index contributed by atoms with van der Waals surface area (Å²) in [5.74, 6) is 1.90. The number of rotatable bonds is 8. The fourth-order valence-electron chi connectivity index (χ4n) is 3.60. The lowest BCUT2D eigenvalue weighted by Gasteiger charge is -2.29. The van der Waals surface area contributed by atoms with Crippen LogP contribution in [-0.2, 0) is 6.42 Å². The smallest absolute Gasteiger partial charge is 0.138 e. The van der Waals surface area contributed by atoms with Gasteiger partial charge in [-0.2, -0.15) is 0 Å². The molecule has 0 bridgehead atoms. The van der Waals surface area contributed by atoms with Gasteiger partial charge in [0.2, 0.25) is 0 Å². The van der Waals surface area contributed by atoms with Gasteiger partial charge in [0, 0.05) is 5.69 Å². The average molecular weight is 303 g/mol. The maximum atomic E-state index is 6.16. The summed E-state index contributed by atoms with van der Waals surface area (Å²) in [6.45, 7) is 6.57. The van der Waals surface area contributed by atoms with Crippen molar-refractivity contribution in [3.05, 3.63) is 23.5 Å². The van der Waals surface area contributed by atoms with Crippen molar-refractivity contribution in [2.75, 3.05) is 0 Å². The fourth-order valence-corrected chi connectivity index (χ4v) is 3.60. The van der Waals surface area contributed by atoms with Gasteiger partial charge in [0.15, 0.2) is 0 Å². The second-order valence-electron chi connectivity index (χ2n) is 6.90. The summed E-state index contributed by atoms with van der Waals surface area (Å²) in [6.07, 6.45) is 15.4. The molecule has 1 heterocycles. The Kier molecular flexibility index (Phi) is 7.21. The molecular weight excluding hydrogens is 270 g/mol. The van der Waals surface area contributed by atoms with Gasteiger partial charge in [-0.25, -0.2) is 0 Å². The van der Waals surface area contributed by atoms with Gasteiger partial charge in [-0.15, -0.1) is 0 Å². The molecule has 2 rings (SSSR count). The highest BCUT2D eigenvalue weighted by molar-refractivity contribution is 5.28. The van der Waals surface area contributed by atoms with E-state index in [1.54, 1.807) is 0 Å². The second-order valence-corrected chi connectivity index (χ2v) is 6.90. The number of aromatic nitrogens is 1. The summed E-state index contributed by atoms with van der Waals surface area (Å²) in [6, 6.07) is 2.16. The molecule has 2 nitrogen and oxygen atoms in total. The minimum absolute atomic E-state index is 0.403. The Morgan fingerprint density at radius 2 is 1.86 bits per heavy atom. The van der Waals surface area contributed by atoms with E-state index in [1.165, 1.54) is 69.0 Å². The van der Waals surface area contributed by atoms with Crippen molar-refractivity contribution in [1.29, 1.82) is 0 Å². The second kappa shape index (κ2) is 9.17. The van der Waals surface area contributed by atoms with Crippen molar-refractivity contribution in [2.24, 2.45) is 5.92 Å². The molecule has 0 saturated heterocycles. The van der Waals surface area contributed by atoms with Crippen LogP contribution in [0.15, 0.2) is 12.3 Å². The van der Waals surface area contributed by atoms with E-state index in [-0.39, 0.29) is 0 Å². The fraction of sp³-hybridized carbons (Fsp3) is 0.750. The first kappa shape index (κ1) is 17.3. The predicted molar refractivity (Wildman–Crippen MR) is 93.5 cm³/mol. The van der Waals surface area contributed by atoms with Crippen molar-refractivity contribution in [3.63, 3.8) is 0 Å². The Balaban J connectivity index is 1.72. The SMILES string of the molecule is CCCCCCC1CCC(Oc2cnc(CC)c(C)c2)CC1. The number of aryl methyl sites for hydroxylation is 2. The molecule has 1 saturated carbocycles. The highest BCUT2D eigenvalue weighted by atomic mass is 16.5. The number of pyridine rings is 1. The van der Waals surface area contributed by atoms with Gasteiger partial charge < -0.3 is 4.74 Å². The third-order valence-corrected chi connectivity index (χ3v) is 5.06. The van der Waals surface area contributed by atoms with E-state index < -0.39 is 0 Å². The molecule has 0 amide bonds. The van der Waals surface area contributed by atoms with Gasteiger partial charge in [0.1, 0.15) is 5.75 Å². The van der Waals surface area contributed by atoms with E-state index in [0.29, 0.717) is 6.10 Å². The normalized spacial score (nSPS) is 21.8. The molecule has 1 aromatic heterocycles. The van der Waals surface area contributed by atoms with E-state index in [9.17, 15) is 0 Å². The van der Waals surface area contributed by atoms with Crippen LogP contribution in [0.3, 0.4) is 0 Å². The lowest BCUT2D eigenvalue weighted by molar-refractivity contribution is 0.127. The Bertz CT molecular complexity index is 435. The van der Waals surface area contributed by atoms with Gasteiger partial charge in [0.05, 0.1) is 12.3 Å². The number of unbranched alkanes of at least 4 members (excludes halogenated alkanes) is 3. The molecule has 0 unspecified atom stereocenters. The Labute approximate surface area is 136 Å². The highest BCUT2D eigenvalue weighted by Gasteiger charge is 2.22. The van der Waals surface area contributed by atoms with Gasteiger partial charge >= 0.3 is 0 Å². The Morgan fingerprint density at radius 1 is 1.09 bits per heavy atom. The third-order valence-electron chi connectivity index (χ3n) is 5.06. The van der Waals surface area contributed by atoms with Crippen molar-refractivity contribution in [1.82, 2.24) is 4.98 Å². The summed E-state index contributed by atoms with van der Waals surface area (Å²) < 4.78 is 6.16. The zero-order valence-electron chi connectivity index (χ0n) is 14.7. The molecule has 1 aliphatic rings. The van der Waals surface area contributed by atoms with E-state index in [0.717, 1.165) is 18.1 Å². The number of nitrogens with zero attached hydrogens (tertiary/aromatic N) is 1. The zero-order chi connectivity index (χ0) is 15.8. The Morgan fingerprint density at radius 3 is 2.50 bits per heavy atom. The summed E-state index contributed by atoms with van der Waals surface area (Å²) in [5, 5.41) is 0. The van der Waals surface area contributed by atoms with Crippen LogP contribution in [0.2, 0.25) is 0 Å². The molecule has 0 N–H and O–H groups in total. The first-order chi connectivity index (χ1) is 10.7. The topological polar surface area (TPSA) is 22.1 Å².